The van der Waals surface area contributed by atoms with E-state index in [1.165, 1.54) is 17.0 Å². The number of nitrogens with zero attached hydrogens (tertiary/aromatic N) is 2. The van der Waals surface area contributed by atoms with Gasteiger partial charge in [0.25, 0.3) is 5.91 Å². The van der Waals surface area contributed by atoms with Crippen molar-refractivity contribution in [2.75, 3.05) is 6.54 Å². The van der Waals surface area contributed by atoms with Gasteiger partial charge < -0.3 is 15.8 Å². The van der Waals surface area contributed by atoms with E-state index in [1.807, 2.05) is 0 Å². The van der Waals surface area contributed by atoms with Gasteiger partial charge in [-0.2, -0.15) is 0 Å². The third-order valence-electron chi connectivity index (χ3n) is 2.78. The maximum Gasteiger partial charge on any atom is 0.257 e. The molecule has 1 amide bonds. The van der Waals surface area contributed by atoms with E-state index in [0.29, 0.717) is 0 Å². The van der Waals surface area contributed by atoms with Crippen LogP contribution in [0, 0.1) is 5.82 Å². The van der Waals surface area contributed by atoms with Gasteiger partial charge in [-0.1, -0.05) is 16.8 Å². The van der Waals surface area contributed by atoms with Crippen LogP contribution in [-0.4, -0.2) is 34.4 Å². The fraction of sp³-hybridized carbons (Fsp3) is 0.385. The van der Waals surface area contributed by atoms with Gasteiger partial charge in [-0.15, -0.1) is 0 Å². The Bertz CT molecular complexity index is 520. The SMILES string of the molecule is CC(C)N(CCC(N)=NO)C(=O)c1cc(Cl)ccc1F. The molecule has 0 aromatic heterocycles. The predicted octanol–water partition coefficient (Wildman–Crippen LogP) is 2.47. The number of nitrogens with two attached hydrogens (primary N) is 1. The molecule has 0 atom stereocenters. The van der Waals surface area contributed by atoms with Crippen LogP contribution in [0.25, 0.3) is 0 Å². The molecule has 20 heavy (non-hydrogen) atoms. The van der Waals surface area contributed by atoms with E-state index in [-0.39, 0.29) is 35.4 Å². The molecule has 0 aliphatic carbocycles. The number of amidine groups is 1. The van der Waals surface area contributed by atoms with Crippen molar-refractivity contribution < 1.29 is 14.4 Å². The average molecular weight is 302 g/mol. The predicted molar refractivity (Wildman–Crippen MR) is 75.6 cm³/mol. The van der Waals surface area contributed by atoms with Gasteiger partial charge in [0.15, 0.2) is 0 Å². The molecule has 110 valence electrons. The second kappa shape index (κ2) is 7.09. The van der Waals surface area contributed by atoms with Gasteiger partial charge in [0.2, 0.25) is 0 Å². The zero-order valence-corrected chi connectivity index (χ0v) is 12.1. The van der Waals surface area contributed by atoms with Crippen LogP contribution in [0.1, 0.15) is 30.6 Å². The number of carbonyl (C=O) groups is 1. The van der Waals surface area contributed by atoms with Crippen LogP contribution in [0.5, 0.6) is 0 Å². The summed E-state index contributed by atoms with van der Waals surface area (Å²) in [7, 11) is 0. The van der Waals surface area contributed by atoms with Gasteiger partial charge in [-0.3, -0.25) is 4.79 Å². The lowest BCUT2D eigenvalue weighted by Gasteiger charge is -2.26. The highest BCUT2D eigenvalue weighted by Crippen LogP contribution is 2.18. The molecule has 5 nitrogen and oxygen atoms in total. The minimum absolute atomic E-state index is 0.00927. The highest BCUT2D eigenvalue weighted by Gasteiger charge is 2.22. The van der Waals surface area contributed by atoms with E-state index < -0.39 is 11.7 Å². The van der Waals surface area contributed by atoms with Crippen molar-refractivity contribution in [2.45, 2.75) is 26.3 Å². The van der Waals surface area contributed by atoms with Crippen LogP contribution < -0.4 is 5.73 Å². The maximum atomic E-state index is 13.7. The van der Waals surface area contributed by atoms with Gasteiger partial charge in [0.1, 0.15) is 11.7 Å². The Morgan fingerprint density at radius 1 is 1.55 bits per heavy atom. The number of rotatable bonds is 5. The number of hydrogen-bond donors (Lipinski definition) is 2. The van der Waals surface area contributed by atoms with Crippen LogP contribution in [0.3, 0.4) is 0 Å². The van der Waals surface area contributed by atoms with Gasteiger partial charge >= 0.3 is 0 Å². The summed E-state index contributed by atoms with van der Waals surface area (Å²) in [6.45, 7) is 3.82. The maximum absolute atomic E-state index is 13.7. The van der Waals surface area contributed by atoms with Crippen LogP contribution >= 0.6 is 11.6 Å². The molecule has 0 spiro atoms. The third-order valence-corrected chi connectivity index (χ3v) is 3.02. The smallest absolute Gasteiger partial charge is 0.257 e. The zero-order valence-electron chi connectivity index (χ0n) is 11.3. The molecular formula is C13H17ClFN3O2. The zero-order chi connectivity index (χ0) is 15.3. The molecule has 0 saturated carbocycles. The van der Waals surface area contributed by atoms with Crippen molar-refractivity contribution in [3.63, 3.8) is 0 Å². The Morgan fingerprint density at radius 3 is 2.75 bits per heavy atom. The monoisotopic (exact) mass is 301 g/mol. The Balaban J connectivity index is 2.97. The fourth-order valence-electron chi connectivity index (χ4n) is 1.70. The highest BCUT2D eigenvalue weighted by molar-refractivity contribution is 6.31. The first-order valence-electron chi connectivity index (χ1n) is 6.09. The topological polar surface area (TPSA) is 78.9 Å². The van der Waals surface area contributed by atoms with Crippen molar-refractivity contribution in [1.29, 1.82) is 0 Å². The number of hydrogen-bond acceptors (Lipinski definition) is 3. The summed E-state index contributed by atoms with van der Waals surface area (Å²) < 4.78 is 13.7. The summed E-state index contributed by atoms with van der Waals surface area (Å²) in [6.07, 6.45) is 0.197. The van der Waals surface area contributed by atoms with Crippen LogP contribution in [0.2, 0.25) is 5.02 Å². The molecule has 0 bridgehead atoms. The normalized spacial score (nSPS) is 11.8. The quantitative estimate of drug-likeness (QED) is 0.379. The van der Waals surface area contributed by atoms with Crippen LogP contribution in [0.4, 0.5) is 4.39 Å². The Labute approximate surface area is 121 Å². The molecule has 0 aliphatic rings. The van der Waals surface area contributed by atoms with Gasteiger partial charge in [0, 0.05) is 24.0 Å². The van der Waals surface area contributed by atoms with Crippen molar-refractivity contribution >= 4 is 23.3 Å². The summed E-state index contributed by atoms with van der Waals surface area (Å²) >= 11 is 5.79. The van der Waals surface area contributed by atoms with E-state index >= 15 is 0 Å². The lowest BCUT2D eigenvalue weighted by Crippen LogP contribution is -2.39. The minimum Gasteiger partial charge on any atom is -0.409 e. The summed E-state index contributed by atoms with van der Waals surface area (Å²) in [5.41, 5.74) is 5.29. The van der Waals surface area contributed by atoms with Crippen molar-refractivity contribution in [3.8, 4) is 0 Å². The number of carbonyl (C=O) groups excluding carboxylic acids is 1. The van der Waals surface area contributed by atoms with E-state index in [9.17, 15) is 9.18 Å². The van der Waals surface area contributed by atoms with Crippen LogP contribution in [-0.2, 0) is 0 Å². The molecule has 0 fully saturated rings. The summed E-state index contributed by atoms with van der Waals surface area (Å²) in [4.78, 5) is 13.8. The van der Waals surface area contributed by atoms with Gasteiger partial charge in [-0.05, 0) is 32.0 Å². The molecule has 7 heteroatoms. The first-order chi connectivity index (χ1) is 9.36. The number of halogens is 2. The van der Waals surface area contributed by atoms with Gasteiger partial charge in [0.05, 0.1) is 5.56 Å². The van der Waals surface area contributed by atoms with Crippen molar-refractivity contribution in [3.05, 3.63) is 34.6 Å². The molecular weight excluding hydrogens is 285 g/mol. The Kier molecular flexibility index (Phi) is 5.76. The molecule has 1 aromatic carbocycles. The third kappa shape index (κ3) is 4.09. The lowest BCUT2D eigenvalue weighted by molar-refractivity contribution is 0.0706. The highest BCUT2D eigenvalue weighted by atomic mass is 35.5. The number of oxime groups is 1. The first kappa shape index (κ1) is 16.2. The van der Waals surface area contributed by atoms with E-state index in [0.717, 1.165) is 6.07 Å². The standard InChI is InChI=1S/C13H17ClFN3O2/c1-8(2)18(6-5-12(16)17-20)13(19)10-7-9(14)3-4-11(10)15/h3-4,7-8,20H,5-6H2,1-2H3,(H2,16,17). The average Bonchev–Trinajstić information content (AvgIpc) is 2.40. The summed E-state index contributed by atoms with van der Waals surface area (Å²) in [6, 6.07) is 3.66. The summed E-state index contributed by atoms with van der Waals surface area (Å²) in [5, 5.41) is 11.6. The first-order valence-corrected chi connectivity index (χ1v) is 6.47. The molecule has 0 radical (unpaired) electrons. The molecule has 0 heterocycles. The van der Waals surface area contributed by atoms with Gasteiger partial charge in [-0.25, -0.2) is 4.39 Å². The molecule has 0 saturated heterocycles. The lowest BCUT2D eigenvalue weighted by atomic mass is 10.1. The Morgan fingerprint density at radius 2 is 2.20 bits per heavy atom. The van der Waals surface area contributed by atoms with E-state index in [2.05, 4.69) is 5.16 Å². The van der Waals surface area contributed by atoms with E-state index in [4.69, 9.17) is 22.5 Å². The van der Waals surface area contributed by atoms with Crippen LogP contribution in [0.15, 0.2) is 23.4 Å². The molecule has 1 rings (SSSR count). The largest absolute Gasteiger partial charge is 0.409 e. The van der Waals surface area contributed by atoms with E-state index in [1.54, 1.807) is 13.8 Å². The second-order valence-corrected chi connectivity index (χ2v) is 4.99. The van der Waals surface area contributed by atoms with Crippen molar-refractivity contribution in [2.24, 2.45) is 10.9 Å². The molecule has 0 aliphatic heterocycles. The number of benzene rings is 1. The molecule has 0 unspecified atom stereocenters. The summed E-state index contributed by atoms with van der Waals surface area (Å²) in [5.74, 6) is -1.10. The second-order valence-electron chi connectivity index (χ2n) is 4.56. The van der Waals surface area contributed by atoms with Crippen molar-refractivity contribution in [1.82, 2.24) is 4.90 Å². The fourth-order valence-corrected chi connectivity index (χ4v) is 1.87. The number of amides is 1. The molecule has 1 aromatic rings. The Hall–Kier alpha value is -1.82. The minimum atomic E-state index is -0.631. The molecule has 3 N–H and O–H groups in total.